The van der Waals surface area contributed by atoms with Gasteiger partial charge in [0, 0.05) is 0 Å². The first kappa shape index (κ1) is 18.3. The Labute approximate surface area is 151 Å². The van der Waals surface area contributed by atoms with Crippen LogP contribution < -0.4 is 4.72 Å². The molecular formula is C19H18FNO4S. The van der Waals surface area contributed by atoms with E-state index in [0.29, 0.717) is 5.56 Å². The van der Waals surface area contributed by atoms with E-state index in [4.69, 9.17) is 4.74 Å². The molecule has 0 aromatic heterocycles. The van der Waals surface area contributed by atoms with Crippen LogP contribution in [-0.4, -0.2) is 26.8 Å². The monoisotopic (exact) mass is 375 g/mol. The van der Waals surface area contributed by atoms with Gasteiger partial charge in [0.2, 0.25) is 15.8 Å². The zero-order chi connectivity index (χ0) is 19.1. The zero-order valence-electron chi connectivity index (χ0n) is 14.5. The smallest absolute Gasteiger partial charge is 0.240 e. The van der Waals surface area contributed by atoms with E-state index in [1.165, 1.54) is 19.2 Å². The summed E-state index contributed by atoms with van der Waals surface area (Å²) in [6.45, 7) is 3.23. The normalized spacial score (nSPS) is 16.7. The van der Waals surface area contributed by atoms with Crippen molar-refractivity contribution < 1.29 is 22.3 Å². The standard InChI is InChI=1S/C19H18FNO4S/c1-19(2)18(22)16(12-7-5-4-6-8-12)17(25-19)14-10-9-13(11-15(14)20)26(23,24)21-3/h4-11,21H,1-3H3. The third-order valence-electron chi connectivity index (χ3n) is 4.18. The van der Waals surface area contributed by atoms with E-state index in [-0.39, 0.29) is 27.6 Å². The number of nitrogens with one attached hydrogen (secondary N) is 1. The highest BCUT2D eigenvalue weighted by molar-refractivity contribution is 7.89. The first-order valence-electron chi connectivity index (χ1n) is 7.94. The number of hydrogen-bond donors (Lipinski definition) is 1. The van der Waals surface area contributed by atoms with Gasteiger partial charge in [0.25, 0.3) is 0 Å². The van der Waals surface area contributed by atoms with Crippen molar-refractivity contribution in [3.05, 3.63) is 65.5 Å². The molecule has 26 heavy (non-hydrogen) atoms. The Kier molecular flexibility index (Phi) is 4.46. The van der Waals surface area contributed by atoms with Gasteiger partial charge in [0.15, 0.2) is 5.60 Å². The number of rotatable bonds is 4. The summed E-state index contributed by atoms with van der Waals surface area (Å²) < 4.78 is 46.3. The van der Waals surface area contributed by atoms with Crippen LogP contribution in [0.4, 0.5) is 4.39 Å². The Hall–Kier alpha value is -2.51. The van der Waals surface area contributed by atoms with Crippen LogP contribution in [0.5, 0.6) is 0 Å². The van der Waals surface area contributed by atoms with Crippen LogP contribution in [-0.2, 0) is 19.6 Å². The summed E-state index contributed by atoms with van der Waals surface area (Å²) >= 11 is 0. The van der Waals surface area contributed by atoms with Gasteiger partial charge in [-0.1, -0.05) is 30.3 Å². The van der Waals surface area contributed by atoms with Gasteiger partial charge in [-0.05, 0) is 44.7 Å². The fourth-order valence-corrected chi connectivity index (χ4v) is 3.52. The van der Waals surface area contributed by atoms with Crippen molar-refractivity contribution in [2.75, 3.05) is 7.05 Å². The Morgan fingerprint density at radius 1 is 1.08 bits per heavy atom. The van der Waals surface area contributed by atoms with Gasteiger partial charge in [-0.25, -0.2) is 17.5 Å². The highest BCUT2D eigenvalue weighted by Crippen LogP contribution is 2.42. The lowest BCUT2D eigenvalue weighted by molar-refractivity contribution is -0.125. The maximum absolute atomic E-state index is 14.7. The summed E-state index contributed by atoms with van der Waals surface area (Å²) in [5.74, 6) is -0.933. The molecule has 0 atom stereocenters. The van der Waals surface area contributed by atoms with E-state index in [1.54, 1.807) is 38.1 Å². The van der Waals surface area contributed by atoms with Crippen molar-refractivity contribution in [1.82, 2.24) is 4.72 Å². The molecule has 2 aromatic rings. The summed E-state index contributed by atoms with van der Waals surface area (Å²) in [5.41, 5.74) is -0.205. The number of benzene rings is 2. The SMILES string of the molecule is CNS(=O)(=O)c1ccc(C2=C(c3ccccc3)C(=O)C(C)(C)O2)c(F)c1. The molecule has 0 unspecified atom stereocenters. The molecule has 1 aliphatic rings. The van der Waals surface area contributed by atoms with Crippen molar-refractivity contribution in [3.8, 4) is 0 Å². The van der Waals surface area contributed by atoms with Crippen molar-refractivity contribution >= 4 is 27.1 Å². The summed E-state index contributed by atoms with van der Waals surface area (Å²) in [6, 6.07) is 12.4. The molecule has 136 valence electrons. The van der Waals surface area contributed by atoms with Gasteiger partial charge in [-0.15, -0.1) is 0 Å². The molecular weight excluding hydrogens is 357 g/mol. The molecule has 0 bridgehead atoms. The lowest BCUT2D eigenvalue weighted by Gasteiger charge is -2.18. The Balaban J connectivity index is 2.20. The fraction of sp³-hybridized carbons (Fsp3) is 0.211. The van der Waals surface area contributed by atoms with Crippen LogP contribution in [0.3, 0.4) is 0 Å². The van der Waals surface area contributed by atoms with Crippen molar-refractivity contribution in [2.24, 2.45) is 0 Å². The van der Waals surface area contributed by atoms with Crippen LogP contribution in [0.1, 0.15) is 25.0 Å². The second-order valence-corrected chi connectivity index (χ2v) is 8.25. The molecule has 1 heterocycles. The van der Waals surface area contributed by atoms with Crippen LogP contribution in [0.2, 0.25) is 0 Å². The summed E-state index contributed by atoms with van der Waals surface area (Å²) in [4.78, 5) is 12.6. The van der Waals surface area contributed by atoms with Crippen molar-refractivity contribution in [1.29, 1.82) is 0 Å². The molecule has 0 aliphatic carbocycles. The van der Waals surface area contributed by atoms with E-state index >= 15 is 0 Å². The van der Waals surface area contributed by atoms with Gasteiger partial charge in [-0.3, -0.25) is 4.79 Å². The molecule has 0 spiro atoms. The number of ketones is 1. The van der Waals surface area contributed by atoms with Gasteiger partial charge < -0.3 is 4.74 Å². The molecule has 0 amide bonds. The van der Waals surface area contributed by atoms with Gasteiger partial charge >= 0.3 is 0 Å². The minimum atomic E-state index is -3.77. The molecule has 3 rings (SSSR count). The Bertz CT molecular complexity index is 1010. The van der Waals surface area contributed by atoms with E-state index in [9.17, 15) is 17.6 Å². The summed E-state index contributed by atoms with van der Waals surface area (Å²) in [7, 11) is -2.53. The van der Waals surface area contributed by atoms with Crippen molar-refractivity contribution in [3.63, 3.8) is 0 Å². The Morgan fingerprint density at radius 2 is 1.73 bits per heavy atom. The predicted molar refractivity (Wildman–Crippen MR) is 96.1 cm³/mol. The second-order valence-electron chi connectivity index (χ2n) is 6.36. The van der Waals surface area contributed by atoms with E-state index in [2.05, 4.69) is 4.72 Å². The molecule has 0 fully saturated rings. The Morgan fingerprint density at radius 3 is 2.31 bits per heavy atom. The highest BCUT2D eigenvalue weighted by atomic mass is 32.2. The van der Waals surface area contributed by atoms with Crippen LogP contribution >= 0.6 is 0 Å². The number of hydrogen-bond acceptors (Lipinski definition) is 4. The van der Waals surface area contributed by atoms with Crippen LogP contribution in [0, 0.1) is 5.82 Å². The van der Waals surface area contributed by atoms with Gasteiger partial charge in [-0.2, -0.15) is 0 Å². The third kappa shape index (κ3) is 3.04. The van der Waals surface area contributed by atoms with E-state index in [1.807, 2.05) is 6.07 Å². The minimum Gasteiger partial charge on any atom is -0.478 e. The number of carbonyl (C=O) groups is 1. The first-order valence-corrected chi connectivity index (χ1v) is 9.42. The second kappa shape index (κ2) is 6.34. The first-order chi connectivity index (χ1) is 12.2. The topological polar surface area (TPSA) is 72.5 Å². The lowest BCUT2D eigenvalue weighted by atomic mass is 9.92. The van der Waals surface area contributed by atoms with Gasteiger partial charge in [0.05, 0.1) is 16.0 Å². The van der Waals surface area contributed by atoms with E-state index in [0.717, 1.165) is 6.07 Å². The lowest BCUT2D eigenvalue weighted by Crippen LogP contribution is -2.29. The van der Waals surface area contributed by atoms with E-state index < -0.39 is 21.4 Å². The molecule has 5 nitrogen and oxygen atoms in total. The number of halogens is 1. The van der Waals surface area contributed by atoms with Gasteiger partial charge in [0.1, 0.15) is 11.6 Å². The largest absolute Gasteiger partial charge is 0.478 e. The number of Topliss-reactive ketones (excluding diaryl/α,β-unsaturated/α-hetero) is 1. The zero-order valence-corrected chi connectivity index (χ0v) is 15.4. The predicted octanol–water partition coefficient (Wildman–Crippen LogP) is 2.98. The number of carbonyl (C=O) groups excluding carboxylic acids is 1. The number of ether oxygens (including phenoxy) is 1. The molecule has 0 radical (unpaired) electrons. The van der Waals surface area contributed by atoms with Crippen molar-refractivity contribution in [2.45, 2.75) is 24.3 Å². The number of sulfonamides is 1. The highest BCUT2D eigenvalue weighted by Gasteiger charge is 2.43. The molecule has 2 aromatic carbocycles. The average Bonchev–Trinajstić information content (AvgIpc) is 2.85. The maximum Gasteiger partial charge on any atom is 0.240 e. The third-order valence-corrected chi connectivity index (χ3v) is 5.60. The molecule has 1 aliphatic heterocycles. The molecule has 0 saturated heterocycles. The minimum absolute atomic E-state index is 0.0397. The van der Waals surface area contributed by atoms with Crippen LogP contribution in [0.25, 0.3) is 11.3 Å². The summed E-state index contributed by atoms with van der Waals surface area (Å²) in [6.07, 6.45) is 0. The maximum atomic E-state index is 14.7. The van der Waals surface area contributed by atoms with Crippen LogP contribution in [0.15, 0.2) is 53.4 Å². The average molecular weight is 375 g/mol. The fourth-order valence-electron chi connectivity index (χ4n) is 2.78. The quantitative estimate of drug-likeness (QED) is 0.892. The summed E-state index contributed by atoms with van der Waals surface area (Å²) in [5, 5.41) is 0. The molecule has 1 N–H and O–H groups in total. The molecule has 7 heteroatoms. The molecule has 0 saturated carbocycles.